The van der Waals surface area contributed by atoms with Crippen molar-refractivity contribution in [3.8, 4) is 0 Å². The van der Waals surface area contributed by atoms with Gasteiger partial charge in [0, 0.05) is 23.4 Å². The van der Waals surface area contributed by atoms with Crippen LogP contribution in [0.1, 0.15) is 54.7 Å². The molecule has 3 rings (SSSR count). The molecule has 1 aliphatic rings. The lowest BCUT2D eigenvalue weighted by molar-refractivity contribution is 0.0955. The van der Waals surface area contributed by atoms with Crippen LogP contribution in [0.5, 0.6) is 0 Å². The van der Waals surface area contributed by atoms with Gasteiger partial charge in [-0.05, 0) is 87.7 Å². The van der Waals surface area contributed by atoms with Crippen LogP contribution in [0, 0.1) is 12.7 Å². The molecule has 1 amide bonds. The van der Waals surface area contributed by atoms with E-state index in [0.717, 1.165) is 17.7 Å². The fourth-order valence-corrected chi connectivity index (χ4v) is 3.79. The van der Waals surface area contributed by atoms with E-state index in [1.807, 2.05) is 6.92 Å². The van der Waals surface area contributed by atoms with Crippen LogP contribution in [-0.4, -0.2) is 24.2 Å². The number of rotatable bonds is 4. The standard InChI is InChI=1S/C23H26FN3O/c1-6-27-21-11-15(2)18(12-20(21)16(3)13-23(27,4)5)14-25-26-22(28)17-7-9-19(24)10-8-17/h7-14H,6H2,1-5H3,(H,26,28)/b25-14-. The topological polar surface area (TPSA) is 44.7 Å². The van der Waals surface area contributed by atoms with Gasteiger partial charge >= 0.3 is 0 Å². The minimum absolute atomic E-state index is 0.0307. The maximum Gasteiger partial charge on any atom is 0.271 e. The second-order valence-corrected chi connectivity index (χ2v) is 7.66. The second kappa shape index (κ2) is 7.58. The van der Waals surface area contributed by atoms with E-state index in [1.165, 1.54) is 41.1 Å². The molecular formula is C23H26FN3O. The summed E-state index contributed by atoms with van der Waals surface area (Å²) in [5, 5.41) is 4.09. The lowest BCUT2D eigenvalue weighted by Gasteiger charge is -2.43. The molecule has 1 N–H and O–H groups in total. The summed E-state index contributed by atoms with van der Waals surface area (Å²) in [6.07, 6.45) is 3.94. The average molecular weight is 379 g/mol. The number of hydrogen-bond acceptors (Lipinski definition) is 3. The quantitative estimate of drug-likeness (QED) is 0.605. The third-order valence-electron chi connectivity index (χ3n) is 5.16. The third kappa shape index (κ3) is 3.84. The monoisotopic (exact) mass is 379 g/mol. The van der Waals surface area contributed by atoms with E-state index in [2.05, 4.69) is 61.3 Å². The molecule has 0 aromatic heterocycles. The Kier molecular flexibility index (Phi) is 5.36. The fraction of sp³-hybridized carbons (Fsp3) is 0.304. The molecule has 2 aromatic carbocycles. The van der Waals surface area contributed by atoms with Gasteiger partial charge in [-0.1, -0.05) is 6.08 Å². The van der Waals surface area contributed by atoms with Gasteiger partial charge in [-0.2, -0.15) is 5.10 Å². The van der Waals surface area contributed by atoms with Gasteiger partial charge in [-0.3, -0.25) is 4.79 Å². The van der Waals surface area contributed by atoms with Gasteiger partial charge in [0.25, 0.3) is 5.91 Å². The highest BCUT2D eigenvalue weighted by Gasteiger charge is 2.30. The number of benzene rings is 2. The van der Waals surface area contributed by atoms with Gasteiger partial charge < -0.3 is 4.90 Å². The van der Waals surface area contributed by atoms with Gasteiger partial charge in [0.1, 0.15) is 5.82 Å². The smallest absolute Gasteiger partial charge is 0.271 e. The Labute approximate surface area is 165 Å². The highest BCUT2D eigenvalue weighted by molar-refractivity contribution is 5.95. The van der Waals surface area contributed by atoms with Gasteiger partial charge in [0.2, 0.25) is 0 Å². The Hall–Kier alpha value is -2.95. The predicted molar refractivity (Wildman–Crippen MR) is 113 cm³/mol. The first-order chi connectivity index (χ1) is 13.2. The molecule has 0 saturated carbocycles. The third-order valence-corrected chi connectivity index (χ3v) is 5.16. The molecule has 0 spiro atoms. The number of allylic oxidation sites excluding steroid dienone is 1. The van der Waals surface area contributed by atoms with E-state index < -0.39 is 0 Å². The second-order valence-electron chi connectivity index (χ2n) is 7.66. The summed E-state index contributed by atoms with van der Waals surface area (Å²) in [7, 11) is 0. The summed E-state index contributed by atoms with van der Waals surface area (Å²) in [6.45, 7) is 11.7. The number of hydrazone groups is 1. The maximum absolute atomic E-state index is 13.0. The lowest BCUT2D eigenvalue weighted by Crippen LogP contribution is -2.45. The van der Waals surface area contributed by atoms with Gasteiger partial charge in [0.05, 0.1) is 11.8 Å². The van der Waals surface area contributed by atoms with Crippen molar-refractivity contribution in [2.75, 3.05) is 11.4 Å². The zero-order valence-electron chi connectivity index (χ0n) is 17.0. The van der Waals surface area contributed by atoms with Crippen molar-refractivity contribution in [2.24, 2.45) is 5.10 Å². The van der Waals surface area contributed by atoms with Crippen LogP contribution in [0.2, 0.25) is 0 Å². The number of nitrogens with zero attached hydrogens (tertiary/aromatic N) is 2. The molecule has 1 heterocycles. The number of amides is 1. The van der Waals surface area contributed by atoms with Crippen LogP contribution in [-0.2, 0) is 0 Å². The molecule has 0 saturated heterocycles. The van der Waals surface area contributed by atoms with Crippen molar-refractivity contribution in [2.45, 2.75) is 40.2 Å². The van der Waals surface area contributed by atoms with Crippen LogP contribution >= 0.6 is 0 Å². The van der Waals surface area contributed by atoms with Gasteiger partial charge in [0.15, 0.2) is 0 Å². The molecule has 0 unspecified atom stereocenters. The molecule has 146 valence electrons. The summed E-state index contributed by atoms with van der Waals surface area (Å²) >= 11 is 0. The molecule has 0 aliphatic carbocycles. The fourth-order valence-electron chi connectivity index (χ4n) is 3.79. The molecule has 1 aliphatic heterocycles. The van der Waals surface area contributed by atoms with Crippen LogP contribution in [0.4, 0.5) is 10.1 Å². The number of fused-ring (bicyclic) bond motifs is 1. The minimum Gasteiger partial charge on any atom is -0.363 e. The van der Waals surface area contributed by atoms with Crippen LogP contribution in [0.25, 0.3) is 5.57 Å². The number of anilines is 1. The molecule has 5 heteroatoms. The maximum atomic E-state index is 13.0. The lowest BCUT2D eigenvalue weighted by atomic mass is 9.87. The Morgan fingerprint density at radius 3 is 2.54 bits per heavy atom. The van der Waals surface area contributed by atoms with Crippen molar-refractivity contribution in [3.05, 3.63) is 70.5 Å². The van der Waals surface area contributed by atoms with E-state index in [-0.39, 0.29) is 17.3 Å². The Bertz CT molecular complexity index is 959. The van der Waals surface area contributed by atoms with Crippen molar-refractivity contribution < 1.29 is 9.18 Å². The molecule has 0 bridgehead atoms. The first-order valence-electron chi connectivity index (χ1n) is 9.44. The summed E-state index contributed by atoms with van der Waals surface area (Å²) in [5.74, 6) is -0.751. The van der Waals surface area contributed by atoms with Crippen LogP contribution < -0.4 is 10.3 Å². The SMILES string of the molecule is CCN1c2cc(C)c(/C=N\NC(=O)c3ccc(F)cc3)cc2C(C)=CC1(C)C. The van der Waals surface area contributed by atoms with E-state index >= 15 is 0 Å². The highest BCUT2D eigenvalue weighted by Crippen LogP contribution is 2.39. The van der Waals surface area contributed by atoms with Crippen molar-refractivity contribution in [3.63, 3.8) is 0 Å². The Balaban J connectivity index is 1.84. The first-order valence-corrected chi connectivity index (χ1v) is 9.44. The number of carbonyl (C=O) groups excluding carboxylic acids is 1. The van der Waals surface area contributed by atoms with Gasteiger partial charge in [-0.15, -0.1) is 0 Å². The zero-order valence-corrected chi connectivity index (χ0v) is 17.0. The first kappa shape index (κ1) is 19.8. The molecule has 0 atom stereocenters. The highest BCUT2D eigenvalue weighted by atomic mass is 19.1. The molecule has 2 aromatic rings. The Morgan fingerprint density at radius 1 is 1.21 bits per heavy atom. The molecule has 4 nitrogen and oxygen atoms in total. The number of aryl methyl sites for hydroxylation is 1. The number of halogens is 1. The largest absolute Gasteiger partial charge is 0.363 e. The Morgan fingerprint density at radius 2 is 1.89 bits per heavy atom. The van der Waals surface area contributed by atoms with E-state index in [0.29, 0.717) is 5.56 Å². The predicted octanol–water partition coefficient (Wildman–Crippen LogP) is 4.92. The van der Waals surface area contributed by atoms with E-state index in [1.54, 1.807) is 6.21 Å². The average Bonchev–Trinajstić information content (AvgIpc) is 2.62. The summed E-state index contributed by atoms with van der Waals surface area (Å²) < 4.78 is 13.0. The van der Waals surface area contributed by atoms with Crippen LogP contribution in [0.15, 0.2) is 47.6 Å². The van der Waals surface area contributed by atoms with Crippen molar-refractivity contribution in [1.82, 2.24) is 5.43 Å². The number of nitrogens with one attached hydrogen (secondary N) is 1. The van der Waals surface area contributed by atoms with Crippen LogP contribution in [0.3, 0.4) is 0 Å². The zero-order chi connectivity index (χ0) is 20.5. The molecular weight excluding hydrogens is 353 g/mol. The molecule has 0 radical (unpaired) electrons. The number of likely N-dealkylation sites (N-methyl/N-ethyl adjacent to an activating group) is 1. The normalized spacial score (nSPS) is 15.4. The molecule has 0 fully saturated rings. The molecule has 28 heavy (non-hydrogen) atoms. The minimum atomic E-state index is -0.377. The van der Waals surface area contributed by atoms with E-state index in [9.17, 15) is 9.18 Å². The van der Waals surface area contributed by atoms with E-state index in [4.69, 9.17) is 0 Å². The van der Waals surface area contributed by atoms with Crippen molar-refractivity contribution in [1.29, 1.82) is 0 Å². The summed E-state index contributed by atoms with van der Waals surface area (Å²) in [6, 6.07) is 9.66. The van der Waals surface area contributed by atoms with Gasteiger partial charge in [-0.25, -0.2) is 9.82 Å². The number of carbonyl (C=O) groups is 1. The van der Waals surface area contributed by atoms with Crippen molar-refractivity contribution >= 4 is 23.4 Å². The number of hydrogen-bond donors (Lipinski definition) is 1. The summed E-state index contributed by atoms with van der Waals surface area (Å²) in [4.78, 5) is 14.5. The summed E-state index contributed by atoms with van der Waals surface area (Å²) in [5.41, 5.74) is 8.49.